The highest BCUT2D eigenvalue weighted by molar-refractivity contribution is 6.11. The summed E-state index contributed by atoms with van der Waals surface area (Å²) in [4.78, 5) is 24.1. The molecule has 0 N–H and O–H groups in total. The Morgan fingerprint density at radius 1 is 1.06 bits per heavy atom. The van der Waals surface area contributed by atoms with Gasteiger partial charge in [-0.2, -0.15) is 0 Å². The van der Waals surface area contributed by atoms with Crippen molar-refractivity contribution in [1.82, 2.24) is 5.16 Å². The maximum absolute atomic E-state index is 12.5. The van der Waals surface area contributed by atoms with Gasteiger partial charge in [0.15, 0.2) is 5.58 Å². The minimum Gasteiger partial charge on any atom is -0.494 e. The molecule has 2 heterocycles. The first-order chi connectivity index (χ1) is 15.2. The Balaban J connectivity index is 1.33. The van der Waals surface area contributed by atoms with Crippen LogP contribution in [0.1, 0.15) is 56.6 Å². The molecule has 6 heteroatoms. The lowest BCUT2D eigenvalue weighted by Crippen LogP contribution is -2.23. The molecule has 1 saturated heterocycles. The van der Waals surface area contributed by atoms with Crippen molar-refractivity contribution in [2.75, 3.05) is 19.8 Å². The average Bonchev–Trinajstić information content (AvgIpc) is 3.21. The molecule has 2 aliphatic rings. The molecular weight excluding hydrogens is 394 g/mol. The van der Waals surface area contributed by atoms with E-state index >= 15 is 0 Å². The molecule has 1 unspecified atom stereocenters. The molecule has 1 aromatic heterocycles. The van der Waals surface area contributed by atoms with E-state index in [-0.39, 0.29) is 23.9 Å². The first kappa shape index (κ1) is 20.2. The summed E-state index contributed by atoms with van der Waals surface area (Å²) in [5, 5.41) is 7.12. The van der Waals surface area contributed by atoms with Crippen LogP contribution in [0, 0.1) is 5.92 Å². The Hall–Kier alpha value is -2.73. The molecule has 6 nitrogen and oxygen atoms in total. The molecule has 1 aliphatic heterocycles. The van der Waals surface area contributed by atoms with Crippen molar-refractivity contribution in [3.8, 4) is 5.75 Å². The Morgan fingerprint density at radius 2 is 1.94 bits per heavy atom. The zero-order valence-electron chi connectivity index (χ0n) is 17.6. The summed E-state index contributed by atoms with van der Waals surface area (Å²) in [5.74, 6) is 1.18. The lowest BCUT2D eigenvalue weighted by atomic mass is 9.83. The number of Topliss-reactive ketones (excluding diaryl/α,β-unsaturated/α-hetero) is 2. The van der Waals surface area contributed by atoms with E-state index in [0.717, 1.165) is 60.3 Å². The highest BCUT2D eigenvalue weighted by atomic mass is 16.5. The van der Waals surface area contributed by atoms with Crippen LogP contribution in [0.2, 0.25) is 0 Å². The fourth-order valence-corrected chi connectivity index (χ4v) is 4.86. The zero-order valence-corrected chi connectivity index (χ0v) is 17.6. The molecule has 2 aromatic carbocycles. The summed E-state index contributed by atoms with van der Waals surface area (Å²) in [5.41, 5.74) is 1.32. The van der Waals surface area contributed by atoms with Crippen molar-refractivity contribution >= 4 is 33.3 Å². The number of ether oxygens (including phenoxy) is 2. The SMILES string of the molecule is O=C1CCC(c2noc3ccc4cc(OCCCC5CCOCC5)ccc4c23)C(=O)C1. The van der Waals surface area contributed by atoms with E-state index in [2.05, 4.69) is 5.16 Å². The molecule has 1 saturated carbocycles. The van der Waals surface area contributed by atoms with E-state index in [4.69, 9.17) is 14.0 Å². The first-order valence-electron chi connectivity index (χ1n) is 11.3. The second-order valence-corrected chi connectivity index (χ2v) is 8.71. The van der Waals surface area contributed by atoms with Crippen LogP contribution in [0.4, 0.5) is 0 Å². The van der Waals surface area contributed by atoms with Crippen molar-refractivity contribution in [2.24, 2.45) is 5.92 Å². The summed E-state index contributed by atoms with van der Waals surface area (Å²) in [6.45, 7) is 2.48. The third-order valence-corrected chi connectivity index (χ3v) is 6.62. The normalized spacial score (nSPS) is 20.6. The number of ketones is 2. The molecule has 0 spiro atoms. The number of nitrogens with zero attached hydrogens (tertiary/aromatic N) is 1. The number of carbonyl (C=O) groups excluding carboxylic acids is 2. The Bertz CT molecular complexity index is 1110. The molecule has 3 aromatic rings. The molecule has 31 heavy (non-hydrogen) atoms. The second-order valence-electron chi connectivity index (χ2n) is 8.71. The number of carbonyl (C=O) groups is 2. The van der Waals surface area contributed by atoms with Gasteiger partial charge in [0, 0.05) is 19.6 Å². The predicted octanol–water partition coefficient (Wildman–Crippen LogP) is 4.97. The molecule has 1 atom stereocenters. The van der Waals surface area contributed by atoms with Crippen molar-refractivity contribution in [3.63, 3.8) is 0 Å². The molecule has 0 radical (unpaired) electrons. The molecule has 0 bridgehead atoms. The van der Waals surface area contributed by atoms with Gasteiger partial charge in [-0.15, -0.1) is 0 Å². The monoisotopic (exact) mass is 421 g/mol. The summed E-state index contributed by atoms with van der Waals surface area (Å²) in [7, 11) is 0. The lowest BCUT2D eigenvalue weighted by Gasteiger charge is -2.21. The van der Waals surface area contributed by atoms with Crippen molar-refractivity contribution in [1.29, 1.82) is 0 Å². The number of benzene rings is 2. The maximum Gasteiger partial charge on any atom is 0.167 e. The lowest BCUT2D eigenvalue weighted by molar-refractivity contribution is -0.130. The van der Waals surface area contributed by atoms with Gasteiger partial charge in [-0.05, 0) is 73.1 Å². The summed E-state index contributed by atoms with van der Waals surface area (Å²) in [6, 6.07) is 9.91. The van der Waals surface area contributed by atoms with Crippen LogP contribution in [-0.4, -0.2) is 36.5 Å². The third kappa shape index (κ3) is 4.22. The summed E-state index contributed by atoms with van der Waals surface area (Å²) >= 11 is 0. The van der Waals surface area contributed by atoms with Crippen LogP contribution in [0.15, 0.2) is 34.9 Å². The number of hydrogen-bond acceptors (Lipinski definition) is 6. The molecule has 5 rings (SSSR count). The van der Waals surface area contributed by atoms with Gasteiger partial charge in [0.25, 0.3) is 0 Å². The molecule has 2 fully saturated rings. The van der Waals surface area contributed by atoms with Crippen LogP contribution in [-0.2, 0) is 14.3 Å². The Morgan fingerprint density at radius 3 is 2.77 bits per heavy atom. The van der Waals surface area contributed by atoms with Crippen LogP contribution in [0.3, 0.4) is 0 Å². The molecular formula is C25H27NO5. The van der Waals surface area contributed by atoms with Crippen LogP contribution in [0.5, 0.6) is 5.75 Å². The second kappa shape index (κ2) is 8.79. The van der Waals surface area contributed by atoms with Gasteiger partial charge in [-0.1, -0.05) is 11.2 Å². The number of rotatable bonds is 6. The Kier molecular flexibility index (Phi) is 5.72. The van der Waals surface area contributed by atoms with E-state index < -0.39 is 0 Å². The minimum atomic E-state index is -0.370. The first-order valence-corrected chi connectivity index (χ1v) is 11.3. The molecule has 162 valence electrons. The molecule has 1 aliphatic carbocycles. The van der Waals surface area contributed by atoms with Crippen molar-refractivity contribution in [2.45, 2.75) is 50.9 Å². The van der Waals surface area contributed by atoms with Gasteiger partial charge in [0.05, 0.1) is 24.3 Å². The topological polar surface area (TPSA) is 78.6 Å². The number of fused-ring (bicyclic) bond motifs is 3. The van der Waals surface area contributed by atoms with Gasteiger partial charge in [0.2, 0.25) is 0 Å². The van der Waals surface area contributed by atoms with E-state index in [1.807, 2.05) is 30.3 Å². The van der Waals surface area contributed by atoms with Crippen LogP contribution < -0.4 is 4.74 Å². The highest BCUT2D eigenvalue weighted by Crippen LogP contribution is 2.37. The summed E-state index contributed by atoms with van der Waals surface area (Å²) < 4.78 is 17.0. The summed E-state index contributed by atoms with van der Waals surface area (Å²) in [6.07, 6.45) is 5.45. The van der Waals surface area contributed by atoms with E-state index in [1.165, 1.54) is 6.42 Å². The third-order valence-electron chi connectivity index (χ3n) is 6.62. The number of hydrogen-bond donors (Lipinski definition) is 0. The van der Waals surface area contributed by atoms with Gasteiger partial charge in [0.1, 0.15) is 23.0 Å². The molecule has 0 amide bonds. The van der Waals surface area contributed by atoms with Gasteiger partial charge < -0.3 is 14.0 Å². The van der Waals surface area contributed by atoms with Crippen LogP contribution in [0.25, 0.3) is 21.7 Å². The predicted molar refractivity (Wildman–Crippen MR) is 116 cm³/mol. The van der Waals surface area contributed by atoms with E-state index in [9.17, 15) is 9.59 Å². The largest absolute Gasteiger partial charge is 0.494 e. The smallest absolute Gasteiger partial charge is 0.167 e. The van der Waals surface area contributed by atoms with Crippen LogP contribution >= 0.6 is 0 Å². The fourth-order valence-electron chi connectivity index (χ4n) is 4.86. The zero-order chi connectivity index (χ0) is 21.2. The van der Waals surface area contributed by atoms with Crippen molar-refractivity contribution < 1.29 is 23.6 Å². The van der Waals surface area contributed by atoms with Gasteiger partial charge in [-0.3, -0.25) is 9.59 Å². The van der Waals surface area contributed by atoms with Gasteiger partial charge in [-0.25, -0.2) is 0 Å². The van der Waals surface area contributed by atoms with Crippen molar-refractivity contribution in [3.05, 3.63) is 36.0 Å². The Labute approximate surface area is 180 Å². The number of aromatic nitrogens is 1. The fraction of sp³-hybridized carbons (Fsp3) is 0.480. The quantitative estimate of drug-likeness (QED) is 0.413. The highest BCUT2D eigenvalue weighted by Gasteiger charge is 2.32. The van der Waals surface area contributed by atoms with E-state index in [0.29, 0.717) is 30.7 Å². The minimum absolute atomic E-state index is 0.00431. The average molecular weight is 421 g/mol. The standard InChI is InChI=1S/C25H27NO5/c27-18-4-6-21(22(28)15-18)25-24-20-7-5-19(14-17(20)3-8-23(24)31-26-25)30-11-1-2-16-9-12-29-13-10-16/h3,5,7-8,14,16,21H,1-2,4,6,9-13,15H2. The maximum atomic E-state index is 12.5. The van der Waals surface area contributed by atoms with E-state index in [1.54, 1.807) is 0 Å². The van der Waals surface area contributed by atoms with Gasteiger partial charge >= 0.3 is 0 Å².